The minimum absolute atomic E-state index is 0.119. The molecule has 1 saturated heterocycles. The van der Waals surface area contributed by atoms with Gasteiger partial charge in [-0.2, -0.15) is 0 Å². The van der Waals surface area contributed by atoms with Crippen molar-refractivity contribution in [3.05, 3.63) is 29.7 Å². The largest absolute Gasteiger partial charge is 0.366 e. The smallest absolute Gasteiger partial charge is 0.147 e. The summed E-state index contributed by atoms with van der Waals surface area (Å²) in [5.74, 6) is -0.119. The second-order valence-corrected chi connectivity index (χ2v) is 5.10. The van der Waals surface area contributed by atoms with Crippen LogP contribution in [0, 0.1) is 12.7 Å². The van der Waals surface area contributed by atoms with Crippen molar-refractivity contribution in [2.24, 2.45) is 0 Å². The number of halogens is 1. The highest BCUT2D eigenvalue weighted by Crippen LogP contribution is 2.31. The predicted octanol–water partition coefficient (Wildman–Crippen LogP) is 2.37. The summed E-state index contributed by atoms with van der Waals surface area (Å²) in [6, 6.07) is 5.41. The Bertz CT molecular complexity index is 568. The predicted molar refractivity (Wildman–Crippen MR) is 72.7 cm³/mol. The quantitative estimate of drug-likeness (QED) is 0.835. The van der Waals surface area contributed by atoms with E-state index in [1.165, 1.54) is 0 Å². The Kier molecular flexibility index (Phi) is 2.74. The lowest BCUT2D eigenvalue weighted by Gasteiger charge is -2.34. The molecule has 0 aliphatic carbocycles. The van der Waals surface area contributed by atoms with Gasteiger partial charge in [0, 0.05) is 42.8 Å². The molecular weight excluding hydrogens is 229 g/mol. The van der Waals surface area contributed by atoms with Crippen molar-refractivity contribution in [3.8, 4) is 0 Å². The van der Waals surface area contributed by atoms with Crippen molar-refractivity contribution in [1.29, 1.82) is 0 Å². The topological polar surface area (TPSA) is 22.3 Å². The van der Waals surface area contributed by atoms with Gasteiger partial charge >= 0.3 is 0 Å². The molecule has 1 fully saturated rings. The minimum Gasteiger partial charge on any atom is -0.366 e. The maximum Gasteiger partial charge on any atom is 0.147 e. The normalized spacial score (nSPS) is 17.6. The van der Waals surface area contributed by atoms with Crippen molar-refractivity contribution in [3.63, 3.8) is 0 Å². The lowest BCUT2D eigenvalue weighted by atomic mass is 10.1. The number of rotatable bonds is 1. The van der Waals surface area contributed by atoms with E-state index < -0.39 is 0 Å². The third-order valence-corrected chi connectivity index (χ3v) is 3.68. The first-order valence-corrected chi connectivity index (χ1v) is 6.36. The van der Waals surface area contributed by atoms with Crippen LogP contribution >= 0.6 is 0 Å². The zero-order valence-corrected chi connectivity index (χ0v) is 10.8. The van der Waals surface area contributed by atoms with Crippen LogP contribution in [0.4, 0.5) is 10.1 Å². The zero-order valence-electron chi connectivity index (χ0n) is 10.8. The van der Waals surface area contributed by atoms with Gasteiger partial charge in [0.1, 0.15) is 5.82 Å². The standard InChI is InChI=1S/C14H18FN3/c1-10-9-11-13(16-10)4-3-12(15)14(11)18-7-5-17(2)6-8-18/h3-4,9,16H,5-8H2,1-2H3. The fourth-order valence-electron chi connectivity index (χ4n) is 2.65. The molecule has 2 aromatic rings. The van der Waals surface area contributed by atoms with Crippen molar-refractivity contribution in [2.75, 3.05) is 38.1 Å². The van der Waals surface area contributed by atoms with E-state index >= 15 is 0 Å². The number of H-pyrrole nitrogens is 1. The third-order valence-electron chi connectivity index (χ3n) is 3.68. The molecule has 0 spiro atoms. The van der Waals surface area contributed by atoms with Crippen LogP contribution in [0.5, 0.6) is 0 Å². The van der Waals surface area contributed by atoms with Gasteiger partial charge in [0.15, 0.2) is 0 Å². The Morgan fingerprint density at radius 2 is 1.89 bits per heavy atom. The first-order chi connectivity index (χ1) is 8.65. The number of aromatic amines is 1. The Labute approximate surface area is 106 Å². The Morgan fingerprint density at radius 3 is 2.61 bits per heavy atom. The van der Waals surface area contributed by atoms with Crippen LogP contribution in [-0.4, -0.2) is 43.1 Å². The van der Waals surface area contributed by atoms with Gasteiger partial charge in [-0.15, -0.1) is 0 Å². The molecule has 0 saturated carbocycles. The van der Waals surface area contributed by atoms with Gasteiger partial charge in [-0.05, 0) is 32.2 Å². The van der Waals surface area contributed by atoms with E-state index in [0.29, 0.717) is 0 Å². The van der Waals surface area contributed by atoms with Crippen molar-refractivity contribution in [2.45, 2.75) is 6.92 Å². The van der Waals surface area contributed by atoms with Crippen LogP contribution in [0.15, 0.2) is 18.2 Å². The van der Waals surface area contributed by atoms with E-state index in [0.717, 1.165) is 48.5 Å². The summed E-state index contributed by atoms with van der Waals surface area (Å²) in [4.78, 5) is 7.70. The first kappa shape index (κ1) is 11.5. The Morgan fingerprint density at radius 1 is 1.17 bits per heavy atom. The second kappa shape index (κ2) is 4.28. The zero-order chi connectivity index (χ0) is 12.7. The molecule has 0 radical (unpaired) electrons. The van der Waals surface area contributed by atoms with E-state index in [1.54, 1.807) is 6.07 Å². The van der Waals surface area contributed by atoms with E-state index in [4.69, 9.17) is 0 Å². The molecule has 1 aliphatic rings. The number of nitrogens with one attached hydrogen (secondary N) is 1. The minimum atomic E-state index is -0.119. The van der Waals surface area contributed by atoms with Crippen molar-refractivity contribution >= 4 is 16.6 Å². The third kappa shape index (κ3) is 1.86. The van der Waals surface area contributed by atoms with E-state index in [2.05, 4.69) is 21.8 Å². The van der Waals surface area contributed by atoms with Gasteiger partial charge in [-0.1, -0.05) is 0 Å². The van der Waals surface area contributed by atoms with Gasteiger partial charge in [-0.25, -0.2) is 4.39 Å². The van der Waals surface area contributed by atoms with Crippen LogP contribution in [0.3, 0.4) is 0 Å². The van der Waals surface area contributed by atoms with Crippen molar-refractivity contribution in [1.82, 2.24) is 9.88 Å². The Hall–Kier alpha value is -1.55. The molecular formula is C14H18FN3. The van der Waals surface area contributed by atoms with Gasteiger partial charge in [0.05, 0.1) is 5.69 Å². The molecule has 4 heteroatoms. The number of fused-ring (bicyclic) bond motifs is 1. The lowest BCUT2D eigenvalue weighted by Crippen LogP contribution is -2.44. The molecule has 2 heterocycles. The number of hydrogen-bond donors (Lipinski definition) is 1. The first-order valence-electron chi connectivity index (χ1n) is 6.36. The van der Waals surface area contributed by atoms with E-state index in [1.807, 2.05) is 19.1 Å². The van der Waals surface area contributed by atoms with Crippen LogP contribution in [-0.2, 0) is 0 Å². The maximum absolute atomic E-state index is 14.1. The number of aromatic nitrogens is 1. The average molecular weight is 247 g/mol. The molecule has 1 N–H and O–H groups in total. The summed E-state index contributed by atoms with van der Waals surface area (Å²) >= 11 is 0. The summed E-state index contributed by atoms with van der Waals surface area (Å²) in [5, 5.41) is 0.997. The van der Waals surface area contributed by atoms with Crippen molar-refractivity contribution < 1.29 is 4.39 Å². The van der Waals surface area contributed by atoms with E-state index in [-0.39, 0.29) is 5.82 Å². The van der Waals surface area contributed by atoms with Crippen LogP contribution in [0.2, 0.25) is 0 Å². The molecule has 1 aromatic heterocycles. The summed E-state index contributed by atoms with van der Waals surface area (Å²) in [5.41, 5.74) is 2.85. The fraction of sp³-hybridized carbons (Fsp3) is 0.429. The van der Waals surface area contributed by atoms with Crippen LogP contribution < -0.4 is 4.90 Å². The maximum atomic E-state index is 14.1. The number of aryl methyl sites for hydroxylation is 1. The van der Waals surface area contributed by atoms with Crippen LogP contribution in [0.1, 0.15) is 5.69 Å². The fourth-order valence-corrected chi connectivity index (χ4v) is 2.65. The number of likely N-dealkylation sites (N-methyl/N-ethyl adjacent to an activating group) is 1. The summed E-state index contributed by atoms with van der Waals surface area (Å²) < 4.78 is 14.1. The Balaban J connectivity index is 2.06. The monoisotopic (exact) mass is 247 g/mol. The molecule has 3 rings (SSSR count). The summed E-state index contributed by atoms with van der Waals surface area (Å²) in [6.45, 7) is 5.75. The highest BCUT2D eigenvalue weighted by atomic mass is 19.1. The van der Waals surface area contributed by atoms with Crippen LogP contribution in [0.25, 0.3) is 10.9 Å². The summed E-state index contributed by atoms with van der Waals surface area (Å²) in [6.07, 6.45) is 0. The van der Waals surface area contributed by atoms with Gasteiger partial charge < -0.3 is 14.8 Å². The number of benzene rings is 1. The summed E-state index contributed by atoms with van der Waals surface area (Å²) in [7, 11) is 2.11. The molecule has 96 valence electrons. The molecule has 3 nitrogen and oxygen atoms in total. The molecule has 0 amide bonds. The molecule has 0 atom stereocenters. The molecule has 18 heavy (non-hydrogen) atoms. The van der Waals surface area contributed by atoms with E-state index in [9.17, 15) is 4.39 Å². The second-order valence-electron chi connectivity index (χ2n) is 5.10. The number of anilines is 1. The molecule has 1 aliphatic heterocycles. The highest BCUT2D eigenvalue weighted by molar-refractivity contribution is 5.93. The number of piperazine rings is 1. The molecule has 1 aromatic carbocycles. The lowest BCUT2D eigenvalue weighted by molar-refractivity contribution is 0.312. The number of hydrogen-bond acceptors (Lipinski definition) is 2. The van der Waals surface area contributed by atoms with Gasteiger partial charge in [-0.3, -0.25) is 0 Å². The average Bonchev–Trinajstić information content (AvgIpc) is 2.71. The number of nitrogens with zero attached hydrogens (tertiary/aromatic N) is 2. The van der Waals surface area contributed by atoms with Gasteiger partial charge in [0.2, 0.25) is 0 Å². The highest BCUT2D eigenvalue weighted by Gasteiger charge is 2.20. The molecule has 0 unspecified atom stereocenters. The SMILES string of the molecule is Cc1cc2c(N3CCN(C)CC3)c(F)ccc2[nH]1. The van der Waals surface area contributed by atoms with Gasteiger partial charge in [0.25, 0.3) is 0 Å². The molecule has 0 bridgehead atoms.